The number of hydrogen-bond donors (Lipinski definition) is 2. The molecule has 3 rings (SSSR count). The molecule has 3 heterocycles. The third-order valence-electron chi connectivity index (χ3n) is 5.06. The number of methoxy groups -OCH3 is 1. The van der Waals surface area contributed by atoms with E-state index in [1.165, 1.54) is 7.11 Å². The topological polar surface area (TPSA) is 94.5 Å². The minimum Gasteiger partial charge on any atom is -0.469 e. The Morgan fingerprint density at radius 2 is 1.83 bits per heavy atom. The summed E-state index contributed by atoms with van der Waals surface area (Å²) in [5.74, 6) is -0.326. The predicted octanol–water partition coefficient (Wildman–Crippen LogP) is 0.154. The van der Waals surface area contributed by atoms with Crippen molar-refractivity contribution in [3.63, 3.8) is 0 Å². The Morgan fingerprint density at radius 1 is 1.09 bits per heavy atom. The first-order valence-corrected chi connectivity index (χ1v) is 8.44. The second kappa shape index (κ2) is 7.03. The van der Waals surface area contributed by atoms with E-state index in [-0.39, 0.29) is 30.7 Å². The summed E-state index contributed by atoms with van der Waals surface area (Å²) in [7, 11) is 1.35. The number of esters is 1. The third-order valence-corrected chi connectivity index (χ3v) is 5.06. The van der Waals surface area contributed by atoms with E-state index in [1.54, 1.807) is 0 Å². The van der Waals surface area contributed by atoms with Gasteiger partial charge in [-0.3, -0.25) is 4.79 Å². The van der Waals surface area contributed by atoms with Gasteiger partial charge in [0.25, 0.3) is 0 Å². The molecule has 3 fully saturated rings. The van der Waals surface area contributed by atoms with Gasteiger partial charge in [0.05, 0.1) is 31.8 Å². The average molecular weight is 330 g/mol. The number of aliphatic hydroxyl groups is 2. The summed E-state index contributed by atoms with van der Waals surface area (Å²) in [6.07, 6.45) is -0.955. The van der Waals surface area contributed by atoms with E-state index in [1.807, 2.05) is 6.92 Å². The molecular weight excluding hydrogens is 304 g/mol. The van der Waals surface area contributed by atoms with Gasteiger partial charge in [-0.15, -0.1) is 0 Å². The van der Waals surface area contributed by atoms with Crippen LogP contribution in [0.25, 0.3) is 0 Å². The molecule has 3 saturated heterocycles. The zero-order valence-electron chi connectivity index (χ0n) is 13.6. The molecule has 0 aromatic carbocycles. The lowest BCUT2D eigenvalue weighted by molar-refractivity contribution is -0.259. The molecular formula is C16H26O7. The average Bonchev–Trinajstić information content (AvgIpc) is 2.85. The Hall–Kier alpha value is -0.730. The summed E-state index contributed by atoms with van der Waals surface area (Å²) in [6, 6.07) is 0. The van der Waals surface area contributed by atoms with E-state index in [4.69, 9.17) is 14.2 Å². The summed E-state index contributed by atoms with van der Waals surface area (Å²) >= 11 is 0. The van der Waals surface area contributed by atoms with Gasteiger partial charge in [-0.1, -0.05) is 13.3 Å². The van der Waals surface area contributed by atoms with Crippen LogP contribution in [0.3, 0.4) is 0 Å². The highest BCUT2D eigenvalue weighted by Crippen LogP contribution is 2.39. The Labute approximate surface area is 135 Å². The Bertz CT molecular complexity index is 429. The van der Waals surface area contributed by atoms with Crippen molar-refractivity contribution in [2.24, 2.45) is 0 Å². The fourth-order valence-corrected chi connectivity index (χ4v) is 3.87. The quantitative estimate of drug-likeness (QED) is 0.709. The van der Waals surface area contributed by atoms with Crippen molar-refractivity contribution >= 4 is 5.97 Å². The normalized spacial score (nSPS) is 46.1. The van der Waals surface area contributed by atoms with Crippen LogP contribution in [0.4, 0.5) is 0 Å². The van der Waals surface area contributed by atoms with Gasteiger partial charge in [0.15, 0.2) is 0 Å². The summed E-state index contributed by atoms with van der Waals surface area (Å²) in [5.41, 5.74) is 0. The highest BCUT2D eigenvalue weighted by Gasteiger charge is 2.56. The summed E-state index contributed by atoms with van der Waals surface area (Å²) in [4.78, 5) is 11.4. The molecule has 0 saturated carbocycles. The Morgan fingerprint density at radius 3 is 2.52 bits per heavy atom. The molecule has 23 heavy (non-hydrogen) atoms. The van der Waals surface area contributed by atoms with Crippen LogP contribution in [0, 0.1) is 0 Å². The fourth-order valence-electron chi connectivity index (χ4n) is 3.87. The van der Waals surface area contributed by atoms with E-state index < -0.39 is 30.5 Å². The number of rotatable bonds is 4. The van der Waals surface area contributed by atoms with Gasteiger partial charge in [0.2, 0.25) is 0 Å². The zero-order valence-corrected chi connectivity index (χ0v) is 13.6. The molecule has 0 bridgehead atoms. The number of carbonyl (C=O) groups excluding carboxylic acids is 1. The van der Waals surface area contributed by atoms with Crippen molar-refractivity contribution in [3.05, 3.63) is 0 Å². The van der Waals surface area contributed by atoms with Crippen LogP contribution in [0.2, 0.25) is 0 Å². The standard InChI is InChI=1S/C16H26O7/c1-3-4-9-12(18)15-16(22-9)13(19)14-10(23-15)6-5-8(21-14)7-11(17)20-2/h8-10,12-16,18-19H,3-7H2,1-2H3/t8?,9?,10-,12?,13?,14-,15-,16?/m0/s1. The molecule has 0 spiro atoms. The number of aliphatic hydroxyl groups excluding tert-OH is 2. The molecule has 7 heteroatoms. The van der Waals surface area contributed by atoms with E-state index in [0.29, 0.717) is 12.8 Å². The first-order chi connectivity index (χ1) is 11.0. The van der Waals surface area contributed by atoms with Gasteiger partial charge in [0, 0.05) is 0 Å². The van der Waals surface area contributed by atoms with Crippen LogP contribution in [0.15, 0.2) is 0 Å². The van der Waals surface area contributed by atoms with Crippen molar-refractivity contribution in [3.8, 4) is 0 Å². The molecule has 0 amide bonds. The van der Waals surface area contributed by atoms with Gasteiger partial charge < -0.3 is 29.2 Å². The minimum atomic E-state index is -0.865. The smallest absolute Gasteiger partial charge is 0.308 e. The number of hydrogen-bond acceptors (Lipinski definition) is 7. The summed E-state index contributed by atoms with van der Waals surface area (Å²) < 4.78 is 22.3. The molecule has 0 radical (unpaired) electrons. The monoisotopic (exact) mass is 330 g/mol. The second-order valence-electron chi connectivity index (χ2n) is 6.63. The minimum absolute atomic E-state index is 0.169. The lowest BCUT2D eigenvalue weighted by atomic mass is 9.88. The Kier molecular flexibility index (Phi) is 5.22. The molecule has 132 valence electrons. The van der Waals surface area contributed by atoms with Crippen LogP contribution in [-0.2, 0) is 23.7 Å². The molecule has 2 N–H and O–H groups in total. The largest absolute Gasteiger partial charge is 0.469 e. The van der Waals surface area contributed by atoms with E-state index in [9.17, 15) is 15.0 Å². The van der Waals surface area contributed by atoms with Gasteiger partial charge in [0.1, 0.15) is 30.5 Å². The van der Waals surface area contributed by atoms with Gasteiger partial charge in [-0.2, -0.15) is 0 Å². The molecule has 7 nitrogen and oxygen atoms in total. The molecule has 0 aromatic heterocycles. The number of fused-ring (bicyclic) bond motifs is 2. The first kappa shape index (κ1) is 17.1. The van der Waals surface area contributed by atoms with Crippen molar-refractivity contribution in [1.29, 1.82) is 0 Å². The molecule has 0 aliphatic carbocycles. The van der Waals surface area contributed by atoms with Gasteiger partial charge >= 0.3 is 5.97 Å². The fraction of sp³-hybridized carbons (Fsp3) is 0.938. The van der Waals surface area contributed by atoms with Crippen LogP contribution in [-0.4, -0.2) is 72.1 Å². The summed E-state index contributed by atoms with van der Waals surface area (Å²) in [5, 5.41) is 21.0. The second-order valence-corrected chi connectivity index (χ2v) is 6.63. The van der Waals surface area contributed by atoms with Crippen LogP contribution in [0.1, 0.15) is 39.0 Å². The van der Waals surface area contributed by atoms with Crippen molar-refractivity contribution in [1.82, 2.24) is 0 Å². The van der Waals surface area contributed by atoms with E-state index >= 15 is 0 Å². The van der Waals surface area contributed by atoms with Crippen molar-refractivity contribution in [2.45, 2.75) is 87.9 Å². The maximum absolute atomic E-state index is 11.4. The predicted molar refractivity (Wildman–Crippen MR) is 78.8 cm³/mol. The first-order valence-electron chi connectivity index (χ1n) is 8.44. The highest BCUT2D eigenvalue weighted by molar-refractivity contribution is 5.69. The molecule has 5 unspecified atom stereocenters. The molecule has 3 aliphatic heterocycles. The lowest BCUT2D eigenvalue weighted by Gasteiger charge is -2.46. The lowest BCUT2D eigenvalue weighted by Crippen LogP contribution is -2.61. The SMILES string of the molecule is CCCC1OC2C(O)[C@H]3OC(CC(=O)OC)CC[C@@H]3O[C@H]2C1O. The number of ether oxygens (including phenoxy) is 4. The van der Waals surface area contributed by atoms with E-state index in [2.05, 4.69) is 4.74 Å². The van der Waals surface area contributed by atoms with Crippen LogP contribution in [0.5, 0.6) is 0 Å². The van der Waals surface area contributed by atoms with E-state index in [0.717, 1.165) is 12.8 Å². The maximum Gasteiger partial charge on any atom is 0.308 e. The molecule has 3 aliphatic rings. The van der Waals surface area contributed by atoms with Crippen molar-refractivity contribution in [2.75, 3.05) is 7.11 Å². The summed E-state index contributed by atoms with van der Waals surface area (Å²) in [6.45, 7) is 2.02. The maximum atomic E-state index is 11.4. The number of carbonyl (C=O) groups is 1. The van der Waals surface area contributed by atoms with Crippen LogP contribution < -0.4 is 0 Å². The van der Waals surface area contributed by atoms with Gasteiger partial charge in [-0.05, 0) is 19.3 Å². The van der Waals surface area contributed by atoms with Crippen LogP contribution >= 0.6 is 0 Å². The molecule has 8 atom stereocenters. The third kappa shape index (κ3) is 3.25. The molecule has 0 aromatic rings. The van der Waals surface area contributed by atoms with Gasteiger partial charge in [-0.25, -0.2) is 0 Å². The van der Waals surface area contributed by atoms with Crippen molar-refractivity contribution < 1.29 is 34.0 Å². The highest BCUT2D eigenvalue weighted by atomic mass is 16.6. The zero-order chi connectivity index (χ0) is 16.6. The Balaban J connectivity index is 1.66.